The van der Waals surface area contributed by atoms with Crippen LogP contribution in [-0.4, -0.2) is 15.0 Å². The molecule has 2 aromatic heterocycles. The molecular formula is C41H25N3O. The topological polar surface area (TPSA) is 51.8 Å². The summed E-state index contributed by atoms with van der Waals surface area (Å²) in [5.74, 6) is 1.86. The Balaban J connectivity index is 1.33. The third kappa shape index (κ3) is 4.27. The molecule has 0 unspecified atom stereocenters. The predicted molar refractivity (Wildman–Crippen MR) is 184 cm³/mol. The molecular weight excluding hydrogens is 550 g/mol. The summed E-state index contributed by atoms with van der Waals surface area (Å²) in [6.45, 7) is 0. The van der Waals surface area contributed by atoms with E-state index in [2.05, 4.69) is 103 Å². The Morgan fingerprint density at radius 1 is 0.378 bits per heavy atom. The fourth-order valence-electron chi connectivity index (χ4n) is 6.34. The van der Waals surface area contributed by atoms with Crippen molar-refractivity contribution in [3.63, 3.8) is 0 Å². The van der Waals surface area contributed by atoms with Crippen LogP contribution in [0.5, 0.6) is 0 Å². The smallest absolute Gasteiger partial charge is 0.164 e. The van der Waals surface area contributed by atoms with Gasteiger partial charge in [0.05, 0.1) is 0 Å². The molecule has 0 bridgehead atoms. The van der Waals surface area contributed by atoms with Crippen molar-refractivity contribution in [2.45, 2.75) is 0 Å². The molecule has 0 N–H and O–H groups in total. The number of hydrogen-bond donors (Lipinski definition) is 0. The van der Waals surface area contributed by atoms with Crippen molar-refractivity contribution in [2.24, 2.45) is 0 Å². The Morgan fingerprint density at radius 3 is 1.67 bits per heavy atom. The van der Waals surface area contributed by atoms with E-state index in [4.69, 9.17) is 19.4 Å². The van der Waals surface area contributed by atoms with Gasteiger partial charge in [-0.25, -0.2) is 15.0 Å². The fraction of sp³-hybridized carbons (Fsp3) is 0. The normalized spacial score (nSPS) is 11.6. The van der Waals surface area contributed by atoms with Crippen LogP contribution in [0.2, 0.25) is 0 Å². The van der Waals surface area contributed by atoms with Crippen LogP contribution in [0.3, 0.4) is 0 Å². The molecule has 0 aliphatic heterocycles. The number of nitrogens with zero attached hydrogens (tertiary/aromatic N) is 3. The van der Waals surface area contributed by atoms with E-state index in [9.17, 15) is 0 Å². The van der Waals surface area contributed by atoms with E-state index in [0.29, 0.717) is 17.5 Å². The second-order valence-corrected chi connectivity index (χ2v) is 11.2. The maximum Gasteiger partial charge on any atom is 0.164 e. The van der Waals surface area contributed by atoms with Crippen molar-refractivity contribution < 1.29 is 4.42 Å². The van der Waals surface area contributed by atoms with E-state index < -0.39 is 0 Å². The highest BCUT2D eigenvalue weighted by Crippen LogP contribution is 2.43. The zero-order chi connectivity index (χ0) is 29.7. The first kappa shape index (κ1) is 25.4. The molecule has 210 valence electrons. The Morgan fingerprint density at radius 2 is 0.911 bits per heavy atom. The molecule has 0 saturated carbocycles. The lowest BCUT2D eigenvalue weighted by Crippen LogP contribution is -2.00. The van der Waals surface area contributed by atoms with Crippen LogP contribution in [0, 0.1) is 0 Å². The first-order valence-electron chi connectivity index (χ1n) is 15.0. The van der Waals surface area contributed by atoms with E-state index in [1.54, 1.807) is 0 Å². The molecule has 0 saturated heterocycles. The summed E-state index contributed by atoms with van der Waals surface area (Å²) in [6, 6.07) is 52.1. The number of aromatic nitrogens is 3. The van der Waals surface area contributed by atoms with Gasteiger partial charge in [0.1, 0.15) is 11.2 Å². The lowest BCUT2D eigenvalue weighted by Gasteiger charge is -2.12. The highest BCUT2D eigenvalue weighted by molar-refractivity contribution is 6.26. The monoisotopic (exact) mass is 575 g/mol. The Bertz CT molecular complexity index is 2520. The molecule has 9 aromatic rings. The quantitative estimate of drug-likeness (QED) is 0.196. The molecule has 0 atom stereocenters. The fourth-order valence-corrected chi connectivity index (χ4v) is 6.34. The molecule has 9 rings (SSSR count). The lowest BCUT2D eigenvalue weighted by atomic mass is 9.95. The van der Waals surface area contributed by atoms with Crippen LogP contribution < -0.4 is 0 Å². The van der Waals surface area contributed by atoms with Crippen molar-refractivity contribution in [1.82, 2.24) is 15.0 Å². The third-order valence-electron chi connectivity index (χ3n) is 8.51. The van der Waals surface area contributed by atoms with Crippen molar-refractivity contribution in [2.75, 3.05) is 0 Å². The Hall–Kier alpha value is -6.13. The molecule has 0 spiro atoms. The molecule has 4 heteroatoms. The van der Waals surface area contributed by atoms with Gasteiger partial charge in [0.2, 0.25) is 0 Å². The zero-order valence-electron chi connectivity index (χ0n) is 24.2. The highest BCUT2D eigenvalue weighted by Gasteiger charge is 2.21. The van der Waals surface area contributed by atoms with Crippen LogP contribution in [0.15, 0.2) is 156 Å². The molecule has 7 aromatic carbocycles. The maximum atomic E-state index is 6.65. The van der Waals surface area contributed by atoms with Gasteiger partial charge < -0.3 is 4.42 Å². The van der Waals surface area contributed by atoms with E-state index in [0.717, 1.165) is 60.4 Å². The summed E-state index contributed by atoms with van der Waals surface area (Å²) in [7, 11) is 0. The van der Waals surface area contributed by atoms with Gasteiger partial charge in [0.25, 0.3) is 0 Å². The molecule has 0 amide bonds. The molecule has 0 fully saturated rings. The number of benzene rings is 7. The van der Waals surface area contributed by atoms with Gasteiger partial charge in [-0.2, -0.15) is 0 Å². The van der Waals surface area contributed by atoms with Gasteiger partial charge in [-0.1, -0.05) is 140 Å². The van der Waals surface area contributed by atoms with Crippen LogP contribution in [0.4, 0.5) is 0 Å². The summed E-state index contributed by atoms with van der Waals surface area (Å²) in [5.41, 5.74) is 6.77. The molecule has 45 heavy (non-hydrogen) atoms. The largest absolute Gasteiger partial charge is 0.455 e. The number of rotatable bonds is 4. The highest BCUT2D eigenvalue weighted by atomic mass is 16.3. The summed E-state index contributed by atoms with van der Waals surface area (Å²) >= 11 is 0. The first-order valence-corrected chi connectivity index (χ1v) is 15.0. The second kappa shape index (κ2) is 10.2. The number of hydrogen-bond acceptors (Lipinski definition) is 4. The standard InChI is InChI=1S/C41H25N3O/c1-3-11-26(12-4-1)27-19-22-30(23-20-27)40-42-39(29-14-5-2-6-15-29)43-41(44-40)34-25-31-24-21-28-13-7-8-16-32(28)36(31)38-37(34)33-17-9-10-18-35(33)45-38/h1-25H. The first-order chi connectivity index (χ1) is 22.3. The summed E-state index contributed by atoms with van der Waals surface area (Å²) in [6.07, 6.45) is 0. The van der Waals surface area contributed by atoms with Gasteiger partial charge in [-0.05, 0) is 39.4 Å². The van der Waals surface area contributed by atoms with Crippen molar-refractivity contribution in [3.8, 4) is 45.3 Å². The molecule has 0 aliphatic carbocycles. The second-order valence-electron chi connectivity index (χ2n) is 11.2. The molecule has 0 radical (unpaired) electrons. The number of furan rings is 1. The minimum atomic E-state index is 0.609. The third-order valence-corrected chi connectivity index (χ3v) is 8.51. The average molecular weight is 576 g/mol. The zero-order valence-corrected chi connectivity index (χ0v) is 24.2. The molecule has 0 aliphatic rings. The summed E-state index contributed by atoms with van der Waals surface area (Å²) in [4.78, 5) is 15.2. The maximum absolute atomic E-state index is 6.65. The summed E-state index contributed by atoms with van der Waals surface area (Å²) < 4.78 is 6.65. The molecule has 2 heterocycles. The van der Waals surface area contributed by atoms with Crippen molar-refractivity contribution in [1.29, 1.82) is 0 Å². The minimum Gasteiger partial charge on any atom is -0.455 e. The van der Waals surface area contributed by atoms with E-state index in [-0.39, 0.29) is 0 Å². The van der Waals surface area contributed by atoms with Crippen molar-refractivity contribution >= 4 is 43.5 Å². The number of fused-ring (bicyclic) bond motifs is 7. The Labute approximate surface area is 259 Å². The van der Waals surface area contributed by atoms with Gasteiger partial charge in [-0.15, -0.1) is 0 Å². The minimum absolute atomic E-state index is 0.609. The van der Waals surface area contributed by atoms with Gasteiger partial charge in [-0.3, -0.25) is 0 Å². The van der Waals surface area contributed by atoms with Crippen LogP contribution in [0.25, 0.3) is 88.8 Å². The number of para-hydroxylation sites is 1. The van der Waals surface area contributed by atoms with Crippen LogP contribution in [-0.2, 0) is 0 Å². The lowest BCUT2D eigenvalue weighted by molar-refractivity contribution is 0.673. The van der Waals surface area contributed by atoms with Crippen molar-refractivity contribution in [3.05, 3.63) is 152 Å². The average Bonchev–Trinajstić information content (AvgIpc) is 3.51. The van der Waals surface area contributed by atoms with Gasteiger partial charge in [0.15, 0.2) is 17.5 Å². The van der Waals surface area contributed by atoms with E-state index in [1.807, 2.05) is 48.5 Å². The SMILES string of the molecule is c1ccc(-c2ccc(-c3nc(-c4ccccc4)nc(-c4cc5ccc6ccccc6c5c5oc6ccccc6c45)n3)cc2)cc1. The predicted octanol–water partition coefficient (Wildman–Crippen LogP) is 10.7. The summed E-state index contributed by atoms with van der Waals surface area (Å²) in [5, 5.41) is 6.54. The van der Waals surface area contributed by atoms with Crippen LogP contribution >= 0.6 is 0 Å². The van der Waals surface area contributed by atoms with Crippen LogP contribution in [0.1, 0.15) is 0 Å². The Kier molecular flexibility index (Phi) is 5.78. The van der Waals surface area contributed by atoms with Gasteiger partial charge >= 0.3 is 0 Å². The van der Waals surface area contributed by atoms with E-state index >= 15 is 0 Å². The van der Waals surface area contributed by atoms with E-state index in [1.165, 1.54) is 10.9 Å². The molecule has 4 nitrogen and oxygen atoms in total. The van der Waals surface area contributed by atoms with Gasteiger partial charge in [0, 0.05) is 32.8 Å².